The molecule has 0 bridgehead atoms. The summed E-state index contributed by atoms with van der Waals surface area (Å²) < 4.78 is 11.8. The second-order valence-corrected chi connectivity index (χ2v) is 8.12. The summed E-state index contributed by atoms with van der Waals surface area (Å²) in [6.45, 7) is 3.77. The summed E-state index contributed by atoms with van der Waals surface area (Å²) >= 11 is 0. The van der Waals surface area contributed by atoms with E-state index < -0.39 is 0 Å². The van der Waals surface area contributed by atoms with Gasteiger partial charge in [0.25, 0.3) is 5.91 Å². The van der Waals surface area contributed by atoms with Gasteiger partial charge in [-0.2, -0.15) is 0 Å². The summed E-state index contributed by atoms with van der Waals surface area (Å²) in [6, 6.07) is 20.8. The van der Waals surface area contributed by atoms with Crippen LogP contribution < -0.4 is 9.47 Å². The van der Waals surface area contributed by atoms with E-state index in [9.17, 15) is 9.59 Å². The van der Waals surface area contributed by atoms with Crippen LogP contribution in [0.4, 0.5) is 0 Å². The molecule has 3 aromatic carbocycles. The fraction of sp³-hybridized carbons (Fsp3) is 0.259. The molecule has 1 aliphatic carbocycles. The minimum Gasteiger partial charge on any atom is -0.490 e. The maximum Gasteiger partial charge on any atom is 0.253 e. The van der Waals surface area contributed by atoms with Gasteiger partial charge in [0.15, 0.2) is 17.3 Å². The van der Waals surface area contributed by atoms with Crippen LogP contribution in [0.1, 0.15) is 46.0 Å². The number of ether oxygens (including phenoxy) is 2. The SMILES string of the molecule is CCOc1ccccc1OC1CCN(C(=O)c2ccc3c(c2)C(=O)c2ccccc2-3)CC1. The van der Waals surface area contributed by atoms with Crippen LogP contribution in [0.5, 0.6) is 11.5 Å². The van der Waals surface area contributed by atoms with Crippen molar-refractivity contribution in [3.8, 4) is 22.6 Å². The number of ketones is 1. The van der Waals surface area contributed by atoms with Crippen molar-refractivity contribution in [1.82, 2.24) is 4.90 Å². The number of piperidine rings is 1. The van der Waals surface area contributed by atoms with Gasteiger partial charge >= 0.3 is 0 Å². The minimum absolute atomic E-state index is 0.00896. The van der Waals surface area contributed by atoms with Gasteiger partial charge in [-0.15, -0.1) is 0 Å². The third-order valence-corrected chi connectivity index (χ3v) is 6.14. The van der Waals surface area contributed by atoms with Gasteiger partial charge in [-0.1, -0.05) is 42.5 Å². The molecular weight excluding hydrogens is 402 g/mol. The molecule has 5 nitrogen and oxygen atoms in total. The lowest BCUT2D eigenvalue weighted by molar-refractivity contribution is 0.0589. The van der Waals surface area contributed by atoms with Crippen molar-refractivity contribution in [3.05, 3.63) is 83.4 Å². The van der Waals surface area contributed by atoms with Gasteiger partial charge in [0.1, 0.15) is 6.10 Å². The number of para-hydroxylation sites is 2. The number of carbonyl (C=O) groups excluding carboxylic acids is 2. The van der Waals surface area contributed by atoms with Crippen molar-refractivity contribution in [2.24, 2.45) is 0 Å². The standard InChI is InChI=1S/C27H25NO4/c1-2-31-24-9-5-6-10-25(24)32-19-13-15-28(16-14-19)27(30)18-11-12-21-20-7-3-4-8-22(20)26(29)23(21)17-18/h3-12,17,19H,2,13-16H2,1H3. The van der Waals surface area contributed by atoms with Crippen LogP contribution in [-0.2, 0) is 0 Å². The highest BCUT2D eigenvalue weighted by Crippen LogP contribution is 2.37. The molecule has 0 unspecified atom stereocenters. The Morgan fingerprint density at radius 2 is 1.53 bits per heavy atom. The van der Waals surface area contributed by atoms with E-state index in [1.807, 2.05) is 72.5 Å². The molecule has 1 fully saturated rings. The molecule has 1 amide bonds. The molecule has 2 aliphatic rings. The number of fused-ring (bicyclic) bond motifs is 3. The highest BCUT2D eigenvalue weighted by Gasteiger charge is 2.29. The molecule has 0 saturated carbocycles. The molecule has 3 aromatic rings. The number of rotatable bonds is 5. The average Bonchev–Trinajstić information content (AvgIpc) is 3.12. The predicted octanol–water partition coefficient (Wildman–Crippen LogP) is 4.98. The van der Waals surface area contributed by atoms with E-state index in [-0.39, 0.29) is 17.8 Å². The van der Waals surface area contributed by atoms with Gasteiger partial charge in [-0.05, 0) is 42.3 Å². The Bertz CT molecular complexity index is 1180. The van der Waals surface area contributed by atoms with Crippen LogP contribution in [0, 0.1) is 0 Å². The molecule has 1 aliphatic heterocycles. The van der Waals surface area contributed by atoms with Crippen LogP contribution in [-0.4, -0.2) is 42.4 Å². The summed E-state index contributed by atoms with van der Waals surface area (Å²) in [5.41, 5.74) is 3.73. The summed E-state index contributed by atoms with van der Waals surface area (Å²) in [7, 11) is 0. The summed E-state index contributed by atoms with van der Waals surface area (Å²) in [4.78, 5) is 27.8. The van der Waals surface area contributed by atoms with Crippen LogP contribution in [0.3, 0.4) is 0 Å². The van der Waals surface area contributed by atoms with Crippen LogP contribution in [0.2, 0.25) is 0 Å². The lowest BCUT2D eigenvalue weighted by Gasteiger charge is -2.32. The Kier molecular flexibility index (Phi) is 5.39. The first-order chi connectivity index (χ1) is 15.7. The largest absolute Gasteiger partial charge is 0.490 e. The highest BCUT2D eigenvalue weighted by atomic mass is 16.5. The minimum atomic E-state index is -0.0373. The van der Waals surface area contributed by atoms with Gasteiger partial charge < -0.3 is 14.4 Å². The monoisotopic (exact) mass is 427 g/mol. The molecule has 0 atom stereocenters. The van der Waals surface area contributed by atoms with Crippen LogP contribution >= 0.6 is 0 Å². The number of carbonyl (C=O) groups is 2. The van der Waals surface area contributed by atoms with Gasteiger partial charge in [-0.3, -0.25) is 9.59 Å². The fourth-order valence-corrected chi connectivity index (χ4v) is 4.52. The van der Waals surface area contributed by atoms with E-state index in [4.69, 9.17) is 9.47 Å². The molecule has 0 spiro atoms. The van der Waals surface area contributed by atoms with E-state index in [1.54, 1.807) is 6.07 Å². The first-order valence-electron chi connectivity index (χ1n) is 11.1. The molecule has 1 saturated heterocycles. The number of nitrogens with zero attached hydrogens (tertiary/aromatic N) is 1. The fourth-order valence-electron chi connectivity index (χ4n) is 4.52. The van der Waals surface area contributed by atoms with Crippen LogP contribution in [0.25, 0.3) is 11.1 Å². The van der Waals surface area contributed by atoms with E-state index in [0.717, 1.165) is 35.5 Å². The molecule has 0 radical (unpaired) electrons. The van der Waals surface area contributed by atoms with E-state index in [2.05, 4.69) is 0 Å². The first-order valence-corrected chi connectivity index (χ1v) is 11.1. The maximum atomic E-state index is 13.1. The molecule has 0 aromatic heterocycles. The van der Waals surface area contributed by atoms with Gasteiger partial charge in [0, 0.05) is 42.6 Å². The van der Waals surface area contributed by atoms with Crippen molar-refractivity contribution in [3.63, 3.8) is 0 Å². The first kappa shape index (κ1) is 20.3. The zero-order chi connectivity index (χ0) is 22.1. The predicted molar refractivity (Wildman–Crippen MR) is 122 cm³/mol. The second-order valence-electron chi connectivity index (χ2n) is 8.12. The highest BCUT2D eigenvalue weighted by molar-refractivity contribution is 6.22. The molecule has 0 N–H and O–H groups in total. The number of likely N-dealkylation sites (tertiary alicyclic amines) is 1. The van der Waals surface area contributed by atoms with Gasteiger partial charge in [0.05, 0.1) is 6.61 Å². The molecule has 32 heavy (non-hydrogen) atoms. The van der Waals surface area contributed by atoms with Crippen molar-refractivity contribution < 1.29 is 19.1 Å². The molecule has 1 heterocycles. The Labute approximate surface area is 187 Å². The Hall–Kier alpha value is -3.60. The van der Waals surface area contributed by atoms with Gasteiger partial charge in [-0.25, -0.2) is 0 Å². The maximum absolute atomic E-state index is 13.1. The lowest BCUT2D eigenvalue weighted by Crippen LogP contribution is -2.41. The van der Waals surface area contributed by atoms with Crippen LogP contribution in [0.15, 0.2) is 66.7 Å². The van der Waals surface area contributed by atoms with Gasteiger partial charge in [0.2, 0.25) is 0 Å². The molecule has 5 heteroatoms. The lowest BCUT2D eigenvalue weighted by atomic mass is 10.0. The van der Waals surface area contributed by atoms with E-state index in [0.29, 0.717) is 36.4 Å². The average molecular weight is 428 g/mol. The van der Waals surface area contributed by atoms with Crippen molar-refractivity contribution in [2.75, 3.05) is 19.7 Å². The Morgan fingerprint density at radius 1 is 0.875 bits per heavy atom. The smallest absolute Gasteiger partial charge is 0.253 e. The number of hydrogen-bond acceptors (Lipinski definition) is 4. The van der Waals surface area contributed by atoms with Crippen molar-refractivity contribution in [1.29, 1.82) is 0 Å². The zero-order valence-corrected chi connectivity index (χ0v) is 18.0. The summed E-state index contributed by atoms with van der Waals surface area (Å²) in [5.74, 6) is 1.45. The Balaban J connectivity index is 1.25. The van der Waals surface area contributed by atoms with Crippen molar-refractivity contribution in [2.45, 2.75) is 25.9 Å². The second kappa shape index (κ2) is 8.50. The third kappa shape index (κ3) is 3.64. The molecule has 162 valence electrons. The Morgan fingerprint density at radius 3 is 2.28 bits per heavy atom. The van der Waals surface area contributed by atoms with E-state index in [1.165, 1.54) is 0 Å². The quantitative estimate of drug-likeness (QED) is 0.451. The number of benzene rings is 3. The number of hydrogen-bond donors (Lipinski definition) is 0. The van der Waals surface area contributed by atoms with Crippen molar-refractivity contribution >= 4 is 11.7 Å². The van der Waals surface area contributed by atoms with E-state index >= 15 is 0 Å². The number of amides is 1. The zero-order valence-electron chi connectivity index (χ0n) is 18.0. The summed E-state index contributed by atoms with van der Waals surface area (Å²) in [5, 5.41) is 0. The topological polar surface area (TPSA) is 55.8 Å². The normalized spacial score (nSPS) is 15.3. The third-order valence-electron chi connectivity index (χ3n) is 6.14. The molecular formula is C27H25NO4. The summed E-state index contributed by atoms with van der Waals surface area (Å²) in [6.07, 6.45) is 1.54. The molecule has 5 rings (SSSR count).